The molecule has 0 saturated heterocycles. The zero-order chi connectivity index (χ0) is 17.4. The van der Waals surface area contributed by atoms with E-state index in [0.29, 0.717) is 5.56 Å². The summed E-state index contributed by atoms with van der Waals surface area (Å²) in [4.78, 5) is 0. The molecule has 0 amide bonds. The Hall–Kier alpha value is -1.98. The molecule has 0 aliphatic heterocycles. The predicted octanol–water partition coefficient (Wildman–Crippen LogP) is 6.51. The maximum Gasteiger partial charge on any atom is 0.417 e. The average molecular weight is 332 g/mol. The highest BCUT2D eigenvalue weighted by Crippen LogP contribution is 2.43. The first kappa shape index (κ1) is 17.4. The van der Waals surface area contributed by atoms with Crippen molar-refractivity contribution in [2.24, 2.45) is 0 Å². The van der Waals surface area contributed by atoms with Gasteiger partial charge in [0.05, 0.1) is 11.1 Å². The highest BCUT2D eigenvalue weighted by atomic mass is 19.4. The van der Waals surface area contributed by atoms with E-state index in [1.54, 1.807) is 13.8 Å². The van der Waals surface area contributed by atoms with Gasteiger partial charge in [0.15, 0.2) is 0 Å². The first-order valence-electron chi connectivity index (χ1n) is 6.89. The Labute approximate surface area is 129 Å². The van der Waals surface area contributed by atoms with Crippen LogP contribution in [-0.4, -0.2) is 0 Å². The molecule has 0 saturated carbocycles. The molecule has 0 heterocycles. The molecule has 23 heavy (non-hydrogen) atoms. The number of rotatable bonds is 2. The van der Waals surface area contributed by atoms with Crippen LogP contribution in [0.2, 0.25) is 0 Å². The Morgan fingerprint density at radius 1 is 0.696 bits per heavy atom. The van der Waals surface area contributed by atoms with Crippen LogP contribution in [0, 0.1) is 0 Å². The topological polar surface area (TPSA) is 0 Å². The van der Waals surface area contributed by atoms with Gasteiger partial charge in [-0.1, -0.05) is 44.2 Å². The summed E-state index contributed by atoms with van der Waals surface area (Å²) in [5.74, 6) is -0.164. The van der Waals surface area contributed by atoms with Crippen LogP contribution in [0.15, 0.2) is 42.5 Å². The largest absolute Gasteiger partial charge is 0.417 e. The lowest BCUT2D eigenvalue weighted by molar-refractivity contribution is -0.139. The maximum absolute atomic E-state index is 13.3. The van der Waals surface area contributed by atoms with Gasteiger partial charge in [-0.25, -0.2) is 0 Å². The fraction of sp³-hybridized carbons (Fsp3) is 0.294. The lowest BCUT2D eigenvalue weighted by atomic mass is 9.91. The van der Waals surface area contributed by atoms with Gasteiger partial charge >= 0.3 is 12.4 Å². The maximum atomic E-state index is 13.3. The van der Waals surface area contributed by atoms with Crippen LogP contribution in [-0.2, 0) is 12.4 Å². The highest BCUT2D eigenvalue weighted by molar-refractivity contribution is 5.72. The molecular weight excluding hydrogens is 318 g/mol. The minimum atomic E-state index is -4.74. The molecule has 0 nitrogen and oxygen atoms in total. The molecule has 0 bridgehead atoms. The van der Waals surface area contributed by atoms with E-state index in [1.165, 1.54) is 12.1 Å². The Bertz CT molecular complexity index is 695. The molecule has 0 N–H and O–H groups in total. The molecule has 2 rings (SSSR count). The van der Waals surface area contributed by atoms with Crippen molar-refractivity contribution in [2.75, 3.05) is 0 Å². The molecule has 0 aromatic heterocycles. The van der Waals surface area contributed by atoms with Gasteiger partial charge in [-0.2, -0.15) is 26.3 Å². The van der Waals surface area contributed by atoms with Crippen molar-refractivity contribution in [2.45, 2.75) is 32.1 Å². The van der Waals surface area contributed by atoms with Gasteiger partial charge in [0, 0.05) is 0 Å². The second kappa shape index (κ2) is 5.91. The fourth-order valence-electron chi connectivity index (χ4n) is 2.36. The van der Waals surface area contributed by atoms with E-state index >= 15 is 0 Å². The monoisotopic (exact) mass is 332 g/mol. The summed E-state index contributed by atoms with van der Waals surface area (Å²) < 4.78 is 79.2. The second-order valence-corrected chi connectivity index (χ2v) is 5.50. The molecule has 0 aliphatic rings. The van der Waals surface area contributed by atoms with E-state index in [9.17, 15) is 26.3 Å². The van der Waals surface area contributed by atoms with Gasteiger partial charge in [-0.3, -0.25) is 0 Å². The lowest BCUT2D eigenvalue weighted by Crippen LogP contribution is -2.12. The van der Waals surface area contributed by atoms with Crippen molar-refractivity contribution in [3.05, 3.63) is 59.2 Å². The number of alkyl halides is 6. The van der Waals surface area contributed by atoms with Crippen molar-refractivity contribution >= 4 is 0 Å². The summed E-state index contributed by atoms with van der Waals surface area (Å²) in [6, 6.07) is 7.76. The first-order chi connectivity index (χ1) is 10.5. The quantitative estimate of drug-likeness (QED) is 0.550. The summed E-state index contributed by atoms with van der Waals surface area (Å²) in [5.41, 5.74) is -2.65. The molecule has 2 aromatic rings. The lowest BCUT2D eigenvalue weighted by Gasteiger charge is -2.19. The minimum absolute atomic E-state index is 0.164. The zero-order valence-electron chi connectivity index (χ0n) is 12.4. The number of hydrogen-bond acceptors (Lipinski definition) is 0. The Balaban J connectivity index is 2.75. The summed E-state index contributed by atoms with van der Waals surface area (Å²) in [5, 5.41) is 0. The summed E-state index contributed by atoms with van der Waals surface area (Å²) in [7, 11) is 0. The van der Waals surface area contributed by atoms with Crippen LogP contribution in [0.4, 0.5) is 26.3 Å². The highest BCUT2D eigenvalue weighted by Gasteiger charge is 2.38. The molecule has 0 aliphatic carbocycles. The van der Waals surface area contributed by atoms with Crippen molar-refractivity contribution < 1.29 is 26.3 Å². The number of halogens is 6. The molecular formula is C17H14F6. The van der Waals surface area contributed by atoms with Crippen LogP contribution in [0.25, 0.3) is 11.1 Å². The normalized spacial score (nSPS) is 12.7. The van der Waals surface area contributed by atoms with Gasteiger partial charge in [-0.05, 0) is 34.7 Å². The van der Waals surface area contributed by atoms with Crippen LogP contribution < -0.4 is 0 Å². The predicted molar refractivity (Wildman–Crippen MR) is 76.0 cm³/mol. The Morgan fingerprint density at radius 2 is 1.22 bits per heavy atom. The third-order valence-electron chi connectivity index (χ3n) is 3.54. The molecule has 0 atom stereocenters. The SMILES string of the molecule is CC(C)c1ccc(-c2ccccc2C(F)(F)F)c(C(F)(F)F)c1. The van der Waals surface area contributed by atoms with E-state index in [0.717, 1.165) is 30.3 Å². The van der Waals surface area contributed by atoms with Crippen LogP contribution in [0.3, 0.4) is 0 Å². The zero-order valence-corrected chi connectivity index (χ0v) is 12.4. The van der Waals surface area contributed by atoms with Crippen LogP contribution in [0.5, 0.6) is 0 Å². The molecule has 0 spiro atoms. The van der Waals surface area contributed by atoms with Gasteiger partial charge in [0.2, 0.25) is 0 Å². The van der Waals surface area contributed by atoms with Crippen molar-refractivity contribution in [1.82, 2.24) is 0 Å². The average Bonchev–Trinajstić information content (AvgIpc) is 2.44. The van der Waals surface area contributed by atoms with Crippen LogP contribution in [0.1, 0.15) is 36.5 Å². The molecule has 6 heteroatoms. The number of benzene rings is 2. The first-order valence-corrected chi connectivity index (χ1v) is 6.89. The Kier molecular flexibility index (Phi) is 4.46. The standard InChI is InChI=1S/C17H14F6/c1-10(2)11-7-8-13(15(9-11)17(21,22)23)12-5-3-4-6-14(12)16(18,19)20/h3-10H,1-2H3. The van der Waals surface area contributed by atoms with E-state index in [-0.39, 0.29) is 5.92 Å². The molecule has 0 radical (unpaired) electrons. The van der Waals surface area contributed by atoms with Gasteiger partial charge in [-0.15, -0.1) is 0 Å². The van der Waals surface area contributed by atoms with E-state index in [1.807, 2.05) is 0 Å². The molecule has 0 fully saturated rings. The van der Waals surface area contributed by atoms with Crippen molar-refractivity contribution in [3.63, 3.8) is 0 Å². The van der Waals surface area contributed by atoms with Gasteiger partial charge in [0.1, 0.15) is 0 Å². The second-order valence-electron chi connectivity index (χ2n) is 5.50. The molecule has 124 valence electrons. The van der Waals surface area contributed by atoms with Gasteiger partial charge < -0.3 is 0 Å². The molecule has 2 aromatic carbocycles. The van der Waals surface area contributed by atoms with Crippen molar-refractivity contribution in [3.8, 4) is 11.1 Å². The third-order valence-corrected chi connectivity index (χ3v) is 3.54. The number of hydrogen-bond donors (Lipinski definition) is 0. The van der Waals surface area contributed by atoms with E-state index in [2.05, 4.69) is 0 Å². The minimum Gasteiger partial charge on any atom is -0.166 e. The van der Waals surface area contributed by atoms with E-state index < -0.39 is 34.6 Å². The summed E-state index contributed by atoms with van der Waals surface area (Å²) >= 11 is 0. The van der Waals surface area contributed by atoms with Crippen molar-refractivity contribution in [1.29, 1.82) is 0 Å². The fourth-order valence-corrected chi connectivity index (χ4v) is 2.36. The Morgan fingerprint density at radius 3 is 1.74 bits per heavy atom. The van der Waals surface area contributed by atoms with Crippen LogP contribution >= 0.6 is 0 Å². The smallest absolute Gasteiger partial charge is 0.166 e. The molecule has 0 unspecified atom stereocenters. The third kappa shape index (κ3) is 3.68. The summed E-state index contributed by atoms with van der Waals surface area (Å²) in [6.45, 7) is 3.44. The summed E-state index contributed by atoms with van der Waals surface area (Å²) in [6.07, 6.45) is -9.46. The van der Waals surface area contributed by atoms with Gasteiger partial charge in [0.25, 0.3) is 0 Å². The van der Waals surface area contributed by atoms with E-state index in [4.69, 9.17) is 0 Å².